The largest absolute Gasteiger partial charge is 0.351 e. The molecule has 1 N–H and O–H groups in total. The van der Waals surface area contributed by atoms with Crippen molar-refractivity contribution in [2.24, 2.45) is 17.8 Å². The Morgan fingerprint density at radius 2 is 1.71 bits per heavy atom. The van der Waals surface area contributed by atoms with Crippen LogP contribution < -0.4 is 5.32 Å². The summed E-state index contributed by atoms with van der Waals surface area (Å²) in [5.74, 6) is 0.879. The standard InChI is InChI=1S/C20H29NO2S/c22-19(13-15-7-2-1-3-8-15)17-10-4-5-11-18(17)20(23)21-14-16-9-6-12-24-16/h6,9,12,15,17-18H,1-5,7-8,10-11,13-14H2,(H,21,23). The summed E-state index contributed by atoms with van der Waals surface area (Å²) in [5.41, 5.74) is 0. The summed E-state index contributed by atoms with van der Waals surface area (Å²) in [6.45, 7) is 0.594. The molecule has 0 saturated heterocycles. The highest BCUT2D eigenvalue weighted by molar-refractivity contribution is 7.09. The zero-order valence-corrected chi connectivity index (χ0v) is 15.3. The summed E-state index contributed by atoms with van der Waals surface area (Å²) in [4.78, 5) is 26.6. The fourth-order valence-corrected chi connectivity index (χ4v) is 5.02. The lowest BCUT2D eigenvalue weighted by Gasteiger charge is -2.31. The average Bonchev–Trinajstić information content (AvgIpc) is 3.14. The summed E-state index contributed by atoms with van der Waals surface area (Å²) in [5, 5.41) is 5.09. The van der Waals surface area contributed by atoms with Crippen molar-refractivity contribution in [1.29, 1.82) is 0 Å². The minimum atomic E-state index is -0.102. The van der Waals surface area contributed by atoms with Crippen molar-refractivity contribution in [3.8, 4) is 0 Å². The monoisotopic (exact) mass is 347 g/mol. The lowest BCUT2D eigenvalue weighted by molar-refractivity contribution is -0.136. The number of hydrogen-bond acceptors (Lipinski definition) is 3. The van der Waals surface area contributed by atoms with E-state index in [1.165, 1.54) is 37.0 Å². The molecular formula is C20H29NO2S. The van der Waals surface area contributed by atoms with E-state index in [4.69, 9.17) is 0 Å². The number of hydrogen-bond donors (Lipinski definition) is 1. The molecule has 0 aromatic carbocycles. The molecule has 0 bridgehead atoms. The van der Waals surface area contributed by atoms with Crippen LogP contribution >= 0.6 is 11.3 Å². The molecular weight excluding hydrogens is 318 g/mol. The molecule has 0 radical (unpaired) electrons. The summed E-state index contributed by atoms with van der Waals surface area (Å²) in [6.07, 6.45) is 10.9. The Morgan fingerprint density at radius 1 is 1.00 bits per heavy atom. The van der Waals surface area contributed by atoms with Gasteiger partial charge in [0.1, 0.15) is 5.78 Å². The van der Waals surface area contributed by atoms with Crippen LogP contribution in [0.4, 0.5) is 0 Å². The molecule has 3 rings (SSSR count). The number of amides is 1. The SMILES string of the molecule is O=C(CC1CCCCC1)C1CCCCC1C(=O)NCc1cccs1. The van der Waals surface area contributed by atoms with Crippen molar-refractivity contribution in [1.82, 2.24) is 5.32 Å². The Labute approximate surface area is 149 Å². The minimum Gasteiger partial charge on any atom is -0.351 e. The molecule has 132 valence electrons. The molecule has 2 atom stereocenters. The number of nitrogens with one attached hydrogen (secondary N) is 1. The number of carbonyl (C=O) groups is 2. The van der Waals surface area contributed by atoms with E-state index in [-0.39, 0.29) is 17.7 Å². The maximum Gasteiger partial charge on any atom is 0.224 e. The van der Waals surface area contributed by atoms with E-state index in [0.29, 0.717) is 24.7 Å². The molecule has 0 aliphatic heterocycles. The maximum atomic E-state index is 12.8. The Kier molecular flexibility index (Phi) is 6.47. The second-order valence-electron chi connectivity index (χ2n) is 7.47. The third-order valence-corrected chi connectivity index (χ3v) is 6.62. The van der Waals surface area contributed by atoms with Gasteiger partial charge in [-0.25, -0.2) is 0 Å². The van der Waals surface area contributed by atoms with Gasteiger partial charge in [0, 0.05) is 23.1 Å². The van der Waals surface area contributed by atoms with Gasteiger partial charge in [0.25, 0.3) is 0 Å². The van der Waals surface area contributed by atoms with Crippen molar-refractivity contribution in [2.45, 2.75) is 70.8 Å². The Bertz CT molecular complexity index is 534. The Hall–Kier alpha value is -1.16. The topological polar surface area (TPSA) is 46.2 Å². The van der Waals surface area contributed by atoms with Gasteiger partial charge in [-0.3, -0.25) is 9.59 Å². The number of thiophene rings is 1. The van der Waals surface area contributed by atoms with Gasteiger partial charge in [0.05, 0.1) is 6.54 Å². The molecule has 2 aliphatic rings. The van der Waals surface area contributed by atoms with Gasteiger partial charge in [0.15, 0.2) is 0 Å². The third kappa shape index (κ3) is 4.69. The minimum absolute atomic E-state index is 0.0380. The van der Waals surface area contributed by atoms with Crippen LogP contribution in [0.25, 0.3) is 0 Å². The number of rotatable bonds is 6. The van der Waals surface area contributed by atoms with Crippen LogP contribution in [0, 0.1) is 17.8 Å². The quantitative estimate of drug-likeness (QED) is 0.810. The zero-order chi connectivity index (χ0) is 16.8. The highest BCUT2D eigenvalue weighted by atomic mass is 32.1. The van der Waals surface area contributed by atoms with Crippen LogP contribution in [0.2, 0.25) is 0 Å². The Morgan fingerprint density at radius 3 is 2.42 bits per heavy atom. The fourth-order valence-electron chi connectivity index (χ4n) is 4.38. The molecule has 1 aromatic rings. The molecule has 2 saturated carbocycles. The van der Waals surface area contributed by atoms with Gasteiger partial charge >= 0.3 is 0 Å². The van der Waals surface area contributed by atoms with Crippen molar-refractivity contribution >= 4 is 23.0 Å². The summed E-state index contributed by atoms with van der Waals surface area (Å²) in [6, 6.07) is 4.04. The predicted molar refractivity (Wildman–Crippen MR) is 97.8 cm³/mol. The van der Waals surface area contributed by atoms with E-state index in [0.717, 1.165) is 25.7 Å². The van der Waals surface area contributed by atoms with E-state index in [2.05, 4.69) is 5.32 Å². The van der Waals surface area contributed by atoms with E-state index in [9.17, 15) is 9.59 Å². The second kappa shape index (κ2) is 8.80. The maximum absolute atomic E-state index is 12.8. The molecule has 4 heteroatoms. The lowest BCUT2D eigenvalue weighted by atomic mass is 9.73. The first kappa shape index (κ1) is 17.7. The fraction of sp³-hybridized carbons (Fsp3) is 0.700. The molecule has 1 amide bonds. The smallest absolute Gasteiger partial charge is 0.224 e. The normalized spacial score (nSPS) is 25.3. The molecule has 1 heterocycles. The molecule has 3 nitrogen and oxygen atoms in total. The van der Waals surface area contributed by atoms with Crippen LogP contribution in [0.15, 0.2) is 17.5 Å². The van der Waals surface area contributed by atoms with Crippen LogP contribution in [0.5, 0.6) is 0 Å². The highest BCUT2D eigenvalue weighted by Crippen LogP contribution is 2.35. The number of carbonyl (C=O) groups excluding carboxylic acids is 2. The van der Waals surface area contributed by atoms with Crippen LogP contribution in [0.1, 0.15) is 69.1 Å². The Balaban J connectivity index is 1.55. The van der Waals surface area contributed by atoms with E-state index < -0.39 is 0 Å². The molecule has 0 spiro atoms. The van der Waals surface area contributed by atoms with E-state index in [1.54, 1.807) is 11.3 Å². The zero-order valence-electron chi connectivity index (χ0n) is 14.5. The lowest BCUT2D eigenvalue weighted by Crippen LogP contribution is -2.40. The first-order chi connectivity index (χ1) is 11.7. The van der Waals surface area contributed by atoms with Gasteiger partial charge in [-0.1, -0.05) is 51.0 Å². The summed E-state index contributed by atoms with van der Waals surface area (Å²) < 4.78 is 0. The van der Waals surface area contributed by atoms with Crippen LogP contribution in [0.3, 0.4) is 0 Å². The first-order valence-corrected chi connectivity index (χ1v) is 10.4. The third-order valence-electron chi connectivity index (χ3n) is 5.75. The van der Waals surface area contributed by atoms with Crippen LogP contribution in [-0.2, 0) is 16.1 Å². The molecule has 2 aliphatic carbocycles. The van der Waals surface area contributed by atoms with Gasteiger partial charge in [-0.2, -0.15) is 0 Å². The first-order valence-electron chi connectivity index (χ1n) is 9.57. The predicted octanol–water partition coefficient (Wildman–Crippen LogP) is 4.71. The van der Waals surface area contributed by atoms with Crippen molar-refractivity contribution in [3.05, 3.63) is 22.4 Å². The number of ketones is 1. The average molecular weight is 348 g/mol. The summed E-state index contributed by atoms with van der Waals surface area (Å²) in [7, 11) is 0. The molecule has 1 aromatic heterocycles. The van der Waals surface area contributed by atoms with E-state index in [1.807, 2.05) is 17.5 Å². The molecule has 24 heavy (non-hydrogen) atoms. The number of Topliss-reactive ketones (excluding diaryl/α,β-unsaturated/α-hetero) is 1. The van der Waals surface area contributed by atoms with Crippen LogP contribution in [-0.4, -0.2) is 11.7 Å². The van der Waals surface area contributed by atoms with Gasteiger partial charge < -0.3 is 5.32 Å². The summed E-state index contributed by atoms with van der Waals surface area (Å²) >= 11 is 1.66. The van der Waals surface area contributed by atoms with Crippen molar-refractivity contribution in [3.63, 3.8) is 0 Å². The van der Waals surface area contributed by atoms with Gasteiger partial charge in [-0.05, 0) is 30.2 Å². The second-order valence-corrected chi connectivity index (χ2v) is 8.50. The highest BCUT2D eigenvalue weighted by Gasteiger charge is 2.36. The van der Waals surface area contributed by atoms with Crippen molar-refractivity contribution < 1.29 is 9.59 Å². The molecule has 2 unspecified atom stereocenters. The van der Waals surface area contributed by atoms with Crippen molar-refractivity contribution in [2.75, 3.05) is 0 Å². The van der Waals surface area contributed by atoms with Gasteiger partial charge in [0.2, 0.25) is 5.91 Å². The van der Waals surface area contributed by atoms with Gasteiger partial charge in [-0.15, -0.1) is 11.3 Å². The van der Waals surface area contributed by atoms with E-state index >= 15 is 0 Å². The molecule has 2 fully saturated rings.